The van der Waals surface area contributed by atoms with Gasteiger partial charge in [-0.3, -0.25) is 4.90 Å². The van der Waals surface area contributed by atoms with E-state index in [9.17, 15) is 5.11 Å². The maximum atomic E-state index is 9.80. The van der Waals surface area contributed by atoms with Gasteiger partial charge in [-0.15, -0.1) is 0 Å². The molecule has 2 fully saturated rings. The first-order chi connectivity index (χ1) is 10.2. The van der Waals surface area contributed by atoms with E-state index in [-0.39, 0.29) is 0 Å². The monoisotopic (exact) mass is 289 g/mol. The van der Waals surface area contributed by atoms with Gasteiger partial charge in [0.15, 0.2) is 0 Å². The zero-order chi connectivity index (χ0) is 14.8. The Morgan fingerprint density at radius 1 is 1.19 bits per heavy atom. The van der Waals surface area contributed by atoms with Crippen molar-refractivity contribution in [2.45, 2.75) is 45.3 Å². The molecule has 1 aromatic carbocycles. The van der Waals surface area contributed by atoms with Crippen LogP contribution in [0, 0.1) is 11.8 Å². The van der Waals surface area contributed by atoms with Crippen LogP contribution >= 0.6 is 0 Å². The molecule has 0 aromatic heterocycles. The summed E-state index contributed by atoms with van der Waals surface area (Å²) < 4.78 is 5.51. The molecule has 1 N–H and O–H groups in total. The Hall–Kier alpha value is -1.06. The van der Waals surface area contributed by atoms with Crippen LogP contribution in [0.4, 0.5) is 0 Å². The number of methoxy groups -OCH3 is 1. The number of rotatable bonds is 8. The minimum absolute atomic E-state index is 0.421. The van der Waals surface area contributed by atoms with Gasteiger partial charge >= 0.3 is 0 Å². The van der Waals surface area contributed by atoms with Gasteiger partial charge in [-0.2, -0.15) is 0 Å². The van der Waals surface area contributed by atoms with Crippen LogP contribution < -0.4 is 4.74 Å². The fraction of sp³-hybridized carbons (Fsp3) is 0.667. The second-order valence-corrected chi connectivity index (χ2v) is 6.83. The van der Waals surface area contributed by atoms with Gasteiger partial charge in [-0.25, -0.2) is 0 Å². The molecule has 3 rings (SSSR count). The van der Waals surface area contributed by atoms with Gasteiger partial charge in [0.1, 0.15) is 5.75 Å². The first-order valence-electron chi connectivity index (χ1n) is 8.23. The summed E-state index contributed by atoms with van der Waals surface area (Å²) >= 11 is 0. The molecule has 2 aliphatic rings. The summed E-state index contributed by atoms with van der Waals surface area (Å²) in [4.78, 5) is 2.60. The number of benzene rings is 1. The summed E-state index contributed by atoms with van der Waals surface area (Å²) in [5.74, 6) is 2.76. The molecule has 0 amide bonds. The van der Waals surface area contributed by atoms with Gasteiger partial charge in [0.25, 0.3) is 0 Å². The van der Waals surface area contributed by atoms with Crippen molar-refractivity contribution in [1.82, 2.24) is 4.90 Å². The zero-order valence-electron chi connectivity index (χ0n) is 13.2. The average molecular weight is 289 g/mol. The van der Waals surface area contributed by atoms with Gasteiger partial charge in [0.05, 0.1) is 13.2 Å². The maximum absolute atomic E-state index is 9.80. The summed E-state index contributed by atoms with van der Waals surface area (Å²) in [7, 11) is 1.73. The molecule has 0 bridgehead atoms. The summed E-state index contributed by atoms with van der Waals surface area (Å²) in [6, 6.07) is 6.05. The highest BCUT2D eigenvalue weighted by Crippen LogP contribution is 2.35. The predicted octanol–water partition coefficient (Wildman–Crippen LogP) is 3.37. The number of ether oxygens (including phenoxy) is 1. The van der Waals surface area contributed by atoms with Crippen LogP contribution in [-0.4, -0.2) is 30.2 Å². The lowest BCUT2D eigenvalue weighted by Gasteiger charge is -2.24. The van der Waals surface area contributed by atoms with Crippen molar-refractivity contribution < 1.29 is 9.84 Å². The largest absolute Gasteiger partial charge is 0.496 e. The normalized spacial score (nSPS) is 19.8. The van der Waals surface area contributed by atoms with Crippen molar-refractivity contribution >= 4 is 0 Å². The minimum Gasteiger partial charge on any atom is -0.496 e. The molecule has 3 nitrogen and oxygen atoms in total. The molecule has 0 spiro atoms. The lowest BCUT2D eigenvalue weighted by Crippen LogP contribution is -2.28. The molecule has 1 atom stereocenters. The number of nitrogens with zero attached hydrogens (tertiary/aromatic N) is 1. The summed E-state index contributed by atoms with van der Waals surface area (Å²) in [6.45, 7) is 5.20. The Morgan fingerprint density at radius 3 is 2.29 bits per heavy atom. The van der Waals surface area contributed by atoms with Crippen LogP contribution in [0.2, 0.25) is 0 Å². The molecule has 0 aliphatic heterocycles. The smallest absolute Gasteiger partial charge is 0.123 e. The van der Waals surface area contributed by atoms with E-state index in [1.165, 1.54) is 44.3 Å². The Balaban J connectivity index is 1.73. The molecule has 0 heterocycles. The van der Waals surface area contributed by atoms with Gasteiger partial charge in [-0.05, 0) is 62.1 Å². The van der Waals surface area contributed by atoms with Crippen molar-refractivity contribution in [3.05, 3.63) is 29.3 Å². The van der Waals surface area contributed by atoms with E-state index in [0.29, 0.717) is 0 Å². The van der Waals surface area contributed by atoms with E-state index in [4.69, 9.17) is 4.74 Å². The molecule has 116 valence electrons. The second-order valence-electron chi connectivity index (χ2n) is 6.83. The van der Waals surface area contributed by atoms with E-state index in [1.807, 2.05) is 19.1 Å². The van der Waals surface area contributed by atoms with Crippen LogP contribution in [0.15, 0.2) is 18.2 Å². The van der Waals surface area contributed by atoms with Crippen molar-refractivity contribution in [2.75, 3.05) is 20.2 Å². The van der Waals surface area contributed by atoms with Crippen molar-refractivity contribution in [3.63, 3.8) is 0 Å². The number of hydrogen-bond acceptors (Lipinski definition) is 3. The third kappa shape index (κ3) is 4.21. The van der Waals surface area contributed by atoms with Crippen molar-refractivity contribution in [3.8, 4) is 5.75 Å². The fourth-order valence-electron chi connectivity index (χ4n) is 2.96. The highest BCUT2D eigenvalue weighted by Gasteiger charge is 2.29. The molecule has 1 aromatic rings. The van der Waals surface area contributed by atoms with Gasteiger partial charge in [0, 0.05) is 25.2 Å². The predicted molar refractivity (Wildman–Crippen MR) is 84.4 cm³/mol. The molecule has 0 saturated heterocycles. The van der Waals surface area contributed by atoms with E-state index in [1.54, 1.807) is 7.11 Å². The highest BCUT2D eigenvalue weighted by atomic mass is 16.5. The lowest BCUT2D eigenvalue weighted by molar-refractivity contribution is 0.198. The third-order valence-electron chi connectivity index (χ3n) is 4.61. The molecule has 1 unspecified atom stereocenters. The summed E-state index contributed by atoms with van der Waals surface area (Å²) in [5, 5.41) is 9.80. The van der Waals surface area contributed by atoms with Gasteiger partial charge < -0.3 is 9.84 Å². The molecular formula is C18H27NO2. The van der Waals surface area contributed by atoms with Crippen LogP contribution in [0.25, 0.3) is 0 Å². The number of hydrogen-bond donors (Lipinski definition) is 1. The zero-order valence-corrected chi connectivity index (χ0v) is 13.2. The average Bonchev–Trinajstić information content (AvgIpc) is 3.35. The maximum Gasteiger partial charge on any atom is 0.123 e. The van der Waals surface area contributed by atoms with Crippen LogP contribution in [0.3, 0.4) is 0 Å². The van der Waals surface area contributed by atoms with Crippen LogP contribution in [0.5, 0.6) is 5.75 Å². The Bertz CT molecular complexity index is 464. The second kappa shape index (κ2) is 6.37. The van der Waals surface area contributed by atoms with Gasteiger partial charge in [-0.1, -0.05) is 6.07 Å². The molecule has 0 radical (unpaired) electrons. The number of aliphatic hydroxyl groups excluding tert-OH is 1. The Labute approximate surface area is 127 Å². The van der Waals surface area contributed by atoms with E-state index >= 15 is 0 Å². The number of aliphatic hydroxyl groups is 1. The van der Waals surface area contributed by atoms with E-state index < -0.39 is 6.10 Å². The molecular weight excluding hydrogens is 262 g/mol. The van der Waals surface area contributed by atoms with Crippen LogP contribution in [-0.2, 0) is 6.54 Å². The fourth-order valence-corrected chi connectivity index (χ4v) is 2.96. The lowest BCUT2D eigenvalue weighted by atomic mass is 10.1. The Kier molecular flexibility index (Phi) is 4.51. The van der Waals surface area contributed by atoms with E-state index in [2.05, 4.69) is 11.0 Å². The van der Waals surface area contributed by atoms with Crippen molar-refractivity contribution in [2.24, 2.45) is 11.8 Å². The van der Waals surface area contributed by atoms with Crippen molar-refractivity contribution in [1.29, 1.82) is 0 Å². The quantitative estimate of drug-likeness (QED) is 0.796. The Morgan fingerprint density at radius 2 is 1.81 bits per heavy atom. The summed E-state index contributed by atoms with van der Waals surface area (Å²) in [6.07, 6.45) is 5.16. The highest BCUT2D eigenvalue weighted by molar-refractivity contribution is 5.38. The molecule has 2 saturated carbocycles. The minimum atomic E-state index is -0.421. The third-order valence-corrected chi connectivity index (χ3v) is 4.61. The van der Waals surface area contributed by atoms with E-state index in [0.717, 1.165) is 29.7 Å². The van der Waals surface area contributed by atoms with Gasteiger partial charge in [0.2, 0.25) is 0 Å². The SMILES string of the molecule is COc1ccc(C(C)O)cc1CN(CC1CC1)CC1CC1. The van der Waals surface area contributed by atoms with Crippen LogP contribution in [0.1, 0.15) is 49.8 Å². The molecule has 21 heavy (non-hydrogen) atoms. The first-order valence-corrected chi connectivity index (χ1v) is 8.23. The standard InChI is InChI=1S/C18H27NO2/c1-13(20)16-7-8-18(21-2)17(9-16)12-19(10-14-3-4-14)11-15-5-6-15/h7-9,13-15,20H,3-6,10-12H2,1-2H3. The molecule has 3 heteroatoms. The summed E-state index contributed by atoms with van der Waals surface area (Å²) in [5.41, 5.74) is 2.18. The molecule has 2 aliphatic carbocycles. The topological polar surface area (TPSA) is 32.7 Å². The first kappa shape index (κ1) is 14.9.